The largest absolute Gasteiger partial charge is 0.350 e. The number of nitrogens with zero attached hydrogens (tertiary/aromatic N) is 1. The average Bonchev–Trinajstić information content (AvgIpc) is 3.00. The van der Waals surface area contributed by atoms with Crippen LogP contribution in [0.5, 0.6) is 0 Å². The third-order valence-corrected chi connectivity index (χ3v) is 5.88. The van der Waals surface area contributed by atoms with Gasteiger partial charge in [0.2, 0.25) is 5.95 Å². The highest BCUT2D eigenvalue weighted by Crippen LogP contribution is 2.39. The van der Waals surface area contributed by atoms with E-state index in [0.717, 1.165) is 14.6 Å². The molecule has 2 aromatic rings. The van der Waals surface area contributed by atoms with Gasteiger partial charge in [-0.25, -0.2) is 4.98 Å². The summed E-state index contributed by atoms with van der Waals surface area (Å²) in [5.74, 6) is 0.531. The molecule has 0 fully saturated rings. The first-order valence-corrected chi connectivity index (χ1v) is 8.33. The number of fused-ring (bicyclic) bond motifs is 1. The van der Waals surface area contributed by atoms with Gasteiger partial charge in [-0.2, -0.15) is 0 Å². The van der Waals surface area contributed by atoms with Gasteiger partial charge in [-0.15, -0.1) is 0 Å². The second kappa shape index (κ2) is 5.53. The lowest BCUT2D eigenvalue weighted by molar-refractivity contribution is 0.0952. The molecular weight excluding hydrogens is 458 g/mol. The standard InChI is InChI=1S/C11H10Br3N5O/c12-4-3-17-10(20)8-5(6(13)9(14)18-8)7(4)19-11-15-1-2-16-11/h1-2,4,7,18H,3H2,(H,17,20)(H2,15,16,19)/t4-,7+/m1/s1. The minimum absolute atomic E-state index is 0.0248. The summed E-state index contributed by atoms with van der Waals surface area (Å²) in [5, 5.41) is 6.18. The Labute approximate surface area is 139 Å². The predicted octanol–water partition coefficient (Wildman–Crippen LogP) is 2.92. The van der Waals surface area contributed by atoms with Crippen molar-refractivity contribution < 1.29 is 4.79 Å². The van der Waals surface area contributed by atoms with E-state index in [1.165, 1.54) is 0 Å². The molecule has 1 aliphatic heterocycles. The smallest absolute Gasteiger partial charge is 0.268 e. The van der Waals surface area contributed by atoms with Gasteiger partial charge in [0.25, 0.3) is 5.91 Å². The number of imidazole rings is 1. The number of aromatic nitrogens is 3. The summed E-state index contributed by atoms with van der Waals surface area (Å²) in [6.45, 7) is 0.518. The van der Waals surface area contributed by atoms with Crippen LogP contribution in [0.25, 0.3) is 0 Å². The van der Waals surface area contributed by atoms with Crippen molar-refractivity contribution in [2.24, 2.45) is 0 Å². The molecular formula is C11H10Br3N5O. The second-order valence-corrected chi connectivity index (χ2v) is 7.09. The number of carbonyl (C=O) groups excluding carboxylic acids is 1. The number of carbonyl (C=O) groups is 1. The molecule has 0 radical (unpaired) electrons. The maximum atomic E-state index is 12.1. The molecule has 2 atom stereocenters. The van der Waals surface area contributed by atoms with Gasteiger partial charge in [-0.05, 0) is 31.9 Å². The number of H-pyrrole nitrogens is 2. The summed E-state index contributed by atoms with van der Waals surface area (Å²) in [6, 6.07) is -0.118. The number of anilines is 1. The van der Waals surface area contributed by atoms with Crippen LogP contribution >= 0.6 is 47.8 Å². The van der Waals surface area contributed by atoms with E-state index in [1.54, 1.807) is 12.4 Å². The first-order valence-electron chi connectivity index (χ1n) is 5.83. The number of aromatic amines is 2. The molecule has 0 saturated carbocycles. The van der Waals surface area contributed by atoms with Gasteiger partial charge in [0.05, 0.1) is 19.9 Å². The molecule has 106 valence electrons. The first-order chi connectivity index (χ1) is 9.58. The number of alkyl halides is 1. The number of hydrogen-bond donors (Lipinski definition) is 4. The lowest BCUT2D eigenvalue weighted by atomic mass is 10.1. The molecule has 0 unspecified atom stereocenters. The number of hydrogen-bond acceptors (Lipinski definition) is 3. The van der Waals surface area contributed by atoms with Crippen molar-refractivity contribution in [3.8, 4) is 0 Å². The Morgan fingerprint density at radius 1 is 1.40 bits per heavy atom. The highest BCUT2D eigenvalue weighted by atomic mass is 79.9. The molecule has 6 nitrogen and oxygen atoms in total. The fourth-order valence-electron chi connectivity index (χ4n) is 2.16. The van der Waals surface area contributed by atoms with E-state index in [1.807, 2.05) is 0 Å². The fraction of sp³-hybridized carbons (Fsp3) is 0.273. The summed E-state index contributed by atoms with van der Waals surface area (Å²) in [6.07, 6.45) is 3.42. The minimum atomic E-state index is -0.125. The predicted molar refractivity (Wildman–Crippen MR) is 86.2 cm³/mol. The van der Waals surface area contributed by atoms with Crippen LogP contribution in [-0.4, -0.2) is 32.2 Å². The molecule has 0 bridgehead atoms. The Balaban J connectivity index is 2.07. The van der Waals surface area contributed by atoms with E-state index >= 15 is 0 Å². The normalized spacial score (nSPS) is 22.1. The van der Waals surface area contributed by atoms with Crippen molar-refractivity contribution in [1.82, 2.24) is 20.3 Å². The Hall–Kier alpha value is -0.800. The van der Waals surface area contributed by atoms with Crippen LogP contribution in [0.4, 0.5) is 5.95 Å². The number of amides is 1. The van der Waals surface area contributed by atoms with Gasteiger partial charge in [0.15, 0.2) is 0 Å². The van der Waals surface area contributed by atoms with Crippen LogP contribution in [0.2, 0.25) is 0 Å². The van der Waals surface area contributed by atoms with Crippen molar-refractivity contribution in [1.29, 1.82) is 0 Å². The molecule has 3 rings (SSSR count). The zero-order valence-electron chi connectivity index (χ0n) is 10.0. The van der Waals surface area contributed by atoms with Crippen molar-refractivity contribution in [3.05, 3.63) is 32.7 Å². The number of halogens is 3. The van der Waals surface area contributed by atoms with Gasteiger partial charge < -0.3 is 20.6 Å². The highest BCUT2D eigenvalue weighted by Gasteiger charge is 2.34. The molecule has 0 spiro atoms. The van der Waals surface area contributed by atoms with E-state index < -0.39 is 0 Å². The molecule has 20 heavy (non-hydrogen) atoms. The molecule has 1 aliphatic rings. The van der Waals surface area contributed by atoms with Crippen molar-refractivity contribution >= 4 is 59.6 Å². The van der Waals surface area contributed by atoms with Gasteiger partial charge in [0.1, 0.15) is 5.69 Å². The molecule has 0 aromatic carbocycles. The zero-order valence-corrected chi connectivity index (χ0v) is 14.8. The summed E-state index contributed by atoms with van der Waals surface area (Å²) >= 11 is 10.5. The van der Waals surface area contributed by atoms with Crippen LogP contribution in [0.3, 0.4) is 0 Å². The Kier molecular flexibility index (Phi) is 3.91. The van der Waals surface area contributed by atoms with Crippen LogP contribution < -0.4 is 10.6 Å². The maximum Gasteiger partial charge on any atom is 0.268 e. The molecule has 1 amide bonds. The molecule has 0 aliphatic carbocycles. The van der Waals surface area contributed by atoms with E-state index in [4.69, 9.17) is 0 Å². The van der Waals surface area contributed by atoms with Crippen LogP contribution in [0, 0.1) is 0 Å². The first kappa shape index (κ1) is 14.2. The Morgan fingerprint density at radius 3 is 2.90 bits per heavy atom. The van der Waals surface area contributed by atoms with Crippen molar-refractivity contribution in [3.63, 3.8) is 0 Å². The number of nitrogens with one attached hydrogen (secondary N) is 4. The molecule has 2 aromatic heterocycles. The summed E-state index contributed by atoms with van der Waals surface area (Å²) < 4.78 is 1.57. The summed E-state index contributed by atoms with van der Waals surface area (Å²) in [7, 11) is 0. The van der Waals surface area contributed by atoms with Crippen molar-refractivity contribution in [2.45, 2.75) is 10.9 Å². The lowest BCUT2D eigenvalue weighted by Gasteiger charge is -2.21. The SMILES string of the molecule is O=C1NC[C@@H](Br)[C@H](Nc2ncc[nH]2)c2c1[nH]c(Br)c2Br. The topological polar surface area (TPSA) is 85.6 Å². The third kappa shape index (κ3) is 2.42. The van der Waals surface area contributed by atoms with E-state index in [-0.39, 0.29) is 16.8 Å². The van der Waals surface area contributed by atoms with Gasteiger partial charge >= 0.3 is 0 Å². The summed E-state index contributed by atoms with van der Waals surface area (Å²) in [5.41, 5.74) is 1.40. The van der Waals surface area contributed by atoms with Crippen LogP contribution in [0.1, 0.15) is 22.1 Å². The fourth-order valence-corrected chi connectivity index (χ4v) is 3.68. The zero-order chi connectivity index (χ0) is 14.3. The van der Waals surface area contributed by atoms with Crippen molar-refractivity contribution in [2.75, 3.05) is 11.9 Å². The average molecular weight is 468 g/mol. The van der Waals surface area contributed by atoms with Crippen LogP contribution in [-0.2, 0) is 0 Å². The highest BCUT2D eigenvalue weighted by molar-refractivity contribution is 9.13. The summed E-state index contributed by atoms with van der Waals surface area (Å²) in [4.78, 5) is 22.4. The van der Waals surface area contributed by atoms with Crippen LogP contribution in [0.15, 0.2) is 21.5 Å². The third-order valence-electron chi connectivity index (χ3n) is 3.08. The van der Waals surface area contributed by atoms with E-state index in [0.29, 0.717) is 18.2 Å². The lowest BCUT2D eigenvalue weighted by Crippen LogP contribution is -2.30. The van der Waals surface area contributed by atoms with Gasteiger partial charge in [-0.3, -0.25) is 4.79 Å². The second-order valence-electron chi connectivity index (χ2n) is 4.33. The van der Waals surface area contributed by atoms with E-state index in [9.17, 15) is 4.79 Å². The van der Waals surface area contributed by atoms with Gasteiger partial charge in [-0.1, -0.05) is 15.9 Å². The molecule has 3 heterocycles. The van der Waals surface area contributed by atoms with Gasteiger partial charge in [0, 0.05) is 24.5 Å². The molecule has 0 saturated heterocycles. The van der Waals surface area contributed by atoms with E-state index in [2.05, 4.69) is 73.4 Å². The molecule has 4 N–H and O–H groups in total. The monoisotopic (exact) mass is 465 g/mol. The Bertz CT molecular complexity index is 639. The quantitative estimate of drug-likeness (QED) is 0.512. The molecule has 9 heteroatoms. The number of rotatable bonds is 2. The minimum Gasteiger partial charge on any atom is -0.350 e. The maximum absolute atomic E-state index is 12.1. The Morgan fingerprint density at radius 2 is 2.20 bits per heavy atom.